The van der Waals surface area contributed by atoms with Crippen molar-refractivity contribution in [3.63, 3.8) is 0 Å². The summed E-state index contributed by atoms with van der Waals surface area (Å²) in [6.07, 6.45) is 4.31. The lowest BCUT2D eigenvalue weighted by Crippen LogP contribution is -2.45. The molecule has 0 aromatic heterocycles. The number of hydrogen-bond acceptors (Lipinski definition) is 4. The van der Waals surface area contributed by atoms with Crippen LogP contribution in [0.4, 0.5) is 8.78 Å². The summed E-state index contributed by atoms with van der Waals surface area (Å²) >= 11 is 0. The zero-order chi connectivity index (χ0) is 19.1. The molecule has 1 saturated carbocycles. The van der Waals surface area contributed by atoms with Crippen LogP contribution in [0.2, 0.25) is 0 Å². The topological polar surface area (TPSA) is 76.7 Å². The van der Waals surface area contributed by atoms with E-state index in [4.69, 9.17) is 4.74 Å². The molecule has 0 bridgehead atoms. The Labute approximate surface area is 151 Å². The van der Waals surface area contributed by atoms with E-state index in [2.05, 4.69) is 22.3 Å². The lowest BCUT2D eigenvalue weighted by molar-refractivity contribution is -0.121. The summed E-state index contributed by atoms with van der Waals surface area (Å²) < 4.78 is 33.9. The van der Waals surface area contributed by atoms with Crippen molar-refractivity contribution < 1.29 is 27.8 Å². The smallest absolute Gasteiger partial charge is 0.387 e. The third-order valence-electron chi connectivity index (χ3n) is 4.51. The van der Waals surface area contributed by atoms with E-state index in [9.17, 15) is 18.4 Å². The van der Waals surface area contributed by atoms with Crippen molar-refractivity contribution >= 4 is 11.8 Å². The van der Waals surface area contributed by atoms with E-state index in [1.807, 2.05) is 0 Å². The lowest BCUT2D eigenvalue weighted by Gasteiger charge is -2.29. The summed E-state index contributed by atoms with van der Waals surface area (Å²) in [5.74, 6) is -0.475. The standard InChI is InChI=1S/C18H24F2N2O4/c1-11-5-3-4-6-13(11)22-16(23)10-21-17(24)12-7-8-14(26-18(19)20)15(9-12)25-2/h7-9,11,13,18H,3-6,10H2,1-2H3,(H,21,24)(H,22,23). The fourth-order valence-corrected chi connectivity index (χ4v) is 3.05. The minimum absolute atomic E-state index is 0.0124. The number of hydrogen-bond donors (Lipinski definition) is 2. The molecular weight excluding hydrogens is 346 g/mol. The van der Waals surface area contributed by atoms with Gasteiger partial charge in [0.25, 0.3) is 5.91 Å². The van der Waals surface area contributed by atoms with Gasteiger partial charge in [0.15, 0.2) is 11.5 Å². The molecule has 0 spiro atoms. The molecule has 2 rings (SSSR count). The summed E-state index contributed by atoms with van der Waals surface area (Å²) in [7, 11) is 1.29. The van der Waals surface area contributed by atoms with Gasteiger partial charge in [-0.3, -0.25) is 9.59 Å². The first kappa shape index (κ1) is 19.9. The summed E-state index contributed by atoms with van der Waals surface area (Å²) in [6, 6.07) is 3.98. The zero-order valence-electron chi connectivity index (χ0n) is 14.9. The van der Waals surface area contributed by atoms with Gasteiger partial charge in [-0.25, -0.2) is 0 Å². The number of nitrogens with one attached hydrogen (secondary N) is 2. The highest BCUT2D eigenvalue weighted by atomic mass is 19.3. The zero-order valence-corrected chi connectivity index (χ0v) is 14.9. The van der Waals surface area contributed by atoms with Crippen LogP contribution >= 0.6 is 0 Å². The van der Waals surface area contributed by atoms with E-state index in [1.54, 1.807) is 0 Å². The maximum atomic E-state index is 12.3. The Hall–Kier alpha value is -2.38. The maximum absolute atomic E-state index is 12.3. The van der Waals surface area contributed by atoms with Crippen molar-refractivity contribution in [1.82, 2.24) is 10.6 Å². The van der Waals surface area contributed by atoms with Crippen LogP contribution in [0, 0.1) is 5.92 Å². The van der Waals surface area contributed by atoms with Crippen molar-refractivity contribution in [2.45, 2.75) is 45.3 Å². The number of benzene rings is 1. The third kappa shape index (κ3) is 5.57. The number of halogens is 2. The fourth-order valence-electron chi connectivity index (χ4n) is 3.05. The Morgan fingerprint density at radius 3 is 2.62 bits per heavy atom. The van der Waals surface area contributed by atoms with E-state index in [-0.39, 0.29) is 35.6 Å². The van der Waals surface area contributed by atoms with Crippen LogP contribution in [-0.2, 0) is 4.79 Å². The van der Waals surface area contributed by atoms with Gasteiger partial charge >= 0.3 is 6.61 Å². The van der Waals surface area contributed by atoms with E-state index in [0.717, 1.165) is 19.3 Å². The molecule has 26 heavy (non-hydrogen) atoms. The number of alkyl halides is 2. The van der Waals surface area contributed by atoms with Crippen LogP contribution in [-0.4, -0.2) is 38.1 Å². The van der Waals surface area contributed by atoms with Gasteiger partial charge in [0.1, 0.15) is 0 Å². The molecule has 1 fully saturated rings. The number of ether oxygens (including phenoxy) is 2. The van der Waals surface area contributed by atoms with Gasteiger partial charge in [-0.05, 0) is 37.0 Å². The molecule has 2 atom stereocenters. The van der Waals surface area contributed by atoms with Gasteiger partial charge in [-0.15, -0.1) is 0 Å². The molecule has 144 valence electrons. The Kier molecular flexibility index (Phi) is 7.17. The first-order chi connectivity index (χ1) is 12.4. The molecule has 0 radical (unpaired) electrons. The largest absolute Gasteiger partial charge is 0.493 e. The van der Waals surface area contributed by atoms with E-state index in [0.29, 0.717) is 5.92 Å². The van der Waals surface area contributed by atoms with Crippen molar-refractivity contribution in [2.75, 3.05) is 13.7 Å². The number of amides is 2. The average molecular weight is 370 g/mol. The van der Waals surface area contributed by atoms with Crippen molar-refractivity contribution in [1.29, 1.82) is 0 Å². The van der Waals surface area contributed by atoms with Crippen molar-refractivity contribution in [3.8, 4) is 11.5 Å². The fraction of sp³-hybridized carbons (Fsp3) is 0.556. The van der Waals surface area contributed by atoms with Gasteiger partial charge in [-0.1, -0.05) is 19.8 Å². The van der Waals surface area contributed by atoms with Gasteiger partial charge in [0.05, 0.1) is 13.7 Å². The van der Waals surface area contributed by atoms with Gasteiger partial charge in [-0.2, -0.15) is 8.78 Å². The minimum atomic E-state index is -2.99. The molecule has 6 nitrogen and oxygen atoms in total. The highest BCUT2D eigenvalue weighted by molar-refractivity contribution is 5.97. The molecule has 1 aromatic carbocycles. The Balaban J connectivity index is 1.89. The third-order valence-corrected chi connectivity index (χ3v) is 4.51. The second kappa shape index (κ2) is 9.35. The monoisotopic (exact) mass is 370 g/mol. The first-order valence-electron chi connectivity index (χ1n) is 8.61. The molecule has 1 aromatic rings. The van der Waals surface area contributed by atoms with Crippen LogP contribution in [0.1, 0.15) is 43.0 Å². The summed E-state index contributed by atoms with van der Waals surface area (Å²) in [4.78, 5) is 24.2. The molecule has 8 heteroatoms. The normalized spacial score (nSPS) is 19.7. The average Bonchev–Trinajstić information content (AvgIpc) is 2.61. The molecular formula is C18H24F2N2O4. The van der Waals surface area contributed by atoms with Crippen LogP contribution in [0.25, 0.3) is 0 Å². The Morgan fingerprint density at radius 2 is 1.96 bits per heavy atom. The summed E-state index contributed by atoms with van der Waals surface area (Å²) in [5, 5.41) is 5.47. The van der Waals surface area contributed by atoms with Crippen molar-refractivity contribution in [3.05, 3.63) is 23.8 Å². The quantitative estimate of drug-likeness (QED) is 0.774. The SMILES string of the molecule is COc1cc(C(=O)NCC(=O)NC2CCCCC2C)ccc1OC(F)F. The molecule has 1 aliphatic rings. The Morgan fingerprint density at radius 1 is 1.23 bits per heavy atom. The molecule has 2 amide bonds. The van der Waals surface area contributed by atoms with Crippen LogP contribution in [0.15, 0.2) is 18.2 Å². The van der Waals surface area contributed by atoms with Crippen molar-refractivity contribution in [2.24, 2.45) is 5.92 Å². The maximum Gasteiger partial charge on any atom is 0.387 e. The molecule has 0 heterocycles. The minimum Gasteiger partial charge on any atom is -0.493 e. The van der Waals surface area contributed by atoms with Crippen LogP contribution in [0.3, 0.4) is 0 Å². The summed E-state index contributed by atoms with van der Waals surface area (Å²) in [6.45, 7) is -1.04. The van der Waals surface area contributed by atoms with Crippen LogP contribution < -0.4 is 20.1 Å². The molecule has 2 unspecified atom stereocenters. The van der Waals surface area contributed by atoms with E-state index >= 15 is 0 Å². The number of carbonyl (C=O) groups is 2. The van der Waals surface area contributed by atoms with E-state index in [1.165, 1.54) is 31.7 Å². The predicted octanol–water partition coefficient (Wildman–Crippen LogP) is 2.72. The van der Waals surface area contributed by atoms with Gasteiger partial charge < -0.3 is 20.1 Å². The lowest BCUT2D eigenvalue weighted by atomic mass is 9.86. The van der Waals surface area contributed by atoms with Gasteiger partial charge in [0.2, 0.25) is 5.91 Å². The molecule has 0 saturated heterocycles. The second-order valence-electron chi connectivity index (χ2n) is 6.36. The Bertz CT molecular complexity index is 640. The highest BCUT2D eigenvalue weighted by Gasteiger charge is 2.23. The molecule has 0 aliphatic heterocycles. The van der Waals surface area contributed by atoms with Crippen LogP contribution in [0.5, 0.6) is 11.5 Å². The predicted molar refractivity (Wildman–Crippen MR) is 91.5 cm³/mol. The molecule has 1 aliphatic carbocycles. The number of rotatable bonds is 7. The highest BCUT2D eigenvalue weighted by Crippen LogP contribution is 2.29. The van der Waals surface area contributed by atoms with Gasteiger partial charge in [0, 0.05) is 11.6 Å². The molecule has 2 N–H and O–H groups in total. The van der Waals surface area contributed by atoms with E-state index < -0.39 is 12.5 Å². The summed E-state index contributed by atoms with van der Waals surface area (Å²) in [5.41, 5.74) is 0.183. The number of carbonyl (C=O) groups excluding carboxylic acids is 2. The first-order valence-corrected chi connectivity index (χ1v) is 8.61. The number of methoxy groups -OCH3 is 1. The second-order valence-corrected chi connectivity index (χ2v) is 6.36.